The average Bonchev–Trinajstić information content (AvgIpc) is 3.21. The molecule has 1 aliphatic carbocycles. The largest absolute Gasteiger partial charge is 0.394 e. The van der Waals surface area contributed by atoms with E-state index in [1.54, 1.807) is 10.9 Å². The Hall–Kier alpha value is -2.92. The first-order valence-corrected chi connectivity index (χ1v) is 9.76. The zero-order valence-electron chi connectivity index (χ0n) is 16.1. The van der Waals surface area contributed by atoms with Gasteiger partial charge in [-0.05, 0) is 48.1 Å². The number of hydrogen-bond acceptors (Lipinski definition) is 3. The SMILES string of the molecule is CN(C(=O)c1ccc(-c2cnn(CCO)c2)cc1)[C@@H]1CCCc2ccccc21. The molecule has 1 N–H and O–H groups in total. The Morgan fingerprint density at radius 1 is 1.18 bits per heavy atom. The van der Waals surface area contributed by atoms with E-state index in [-0.39, 0.29) is 18.6 Å². The number of rotatable bonds is 5. The Morgan fingerprint density at radius 3 is 2.75 bits per heavy atom. The Kier molecular flexibility index (Phi) is 5.26. The van der Waals surface area contributed by atoms with Gasteiger partial charge in [-0.2, -0.15) is 5.10 Å². The van der Waals surface area contributed by atoms with Crippen molar-refractivity contribution in [1.29, 1.82) is 0 Å². The minimum atomic E-state index is 0.0456. The number of aryl methyl sites for hydroxylation is 1. The van der Waals surface area contributed by atoms with Crippen LogP contribution in [0.2, 0.25) is 0 Å². The Labute approximate surface area is 165 Å². The zero-order valence-corrected chi connectivity index (χ0v) is 16.1. The smallest absolute Gasteiger partial charge is 0.254 e. The van der Waals surface area contributed by atoms with Crippen LogP contribution in [0.5, 0.6) is 0 Å². The summed E-state index contributed by atoms with van der Waals surface area (Å²) in [5.74, 6) is 0.0456. The molecule has 0 unspecified atom stereocenters. The molecule has 1 amide bonds. The second kappa shape index (κ2) is 7.98. The molecule has 1 atom stereocenters. The van der Waals surface area contributed by atoms with Crippen LogP contribution in [0.15, 0.2) is 60.9 Å². The molecule has 0 spiro atoms. The minimum absolute atomic E-state index is 0.0456. The summed E-state index contributed by atoms with van der Waals surface area (Å²) in [6.45, 7) is 0.537. The first-order valence-electron chi connectivity index (χ1n) is 9.76. The quantitative estimate of drug-likeness (QED) is 0.740. The van der Waals surface area contributed by atoms with Gasteiger partial charge in [-0.1, -0.05) is 36.4 Å². The van der Waals surface area contributed by atoms with Gasteiger partial charge in [0.25, 0.3) is 5.91 Å². The summed E-state index contributed by atoms with van der Waals surface area (Å²) >= 11 is 0. The van der Waals surface area contributed by atoms with Crippen molar-refractivity contribution >= 4 is 5.91 Å². The predicted molar refractivity (Wildman–Crippen MR) is 109 cm³/mol. The van der Waals surface area contributed by atoms with Crippen molar-refractivity contribution in [2.75, 3.05) is 13.7 Å². The third-order valence-corrected chi connectivity index (χ3v) is 5.55. The Bertz CT molecular complexity index is 962. The van der Waals surface area contributed by atoms with E-state index in [1.807, 2.05) is 42.4 Å². The van der Waals surface area contributed by atoms with Gasteiger partial charge in [0.2, 0.25) is 0 Å². The lowest BCUT2D eigenvalue weighted by atomic mass is 9.87. The molecule has 1 aliphatic rings. The predicted octanol–water partition coefficient (Wildman–Crippen LogP) is 3.69. The van der Waals surface area contributed by atoms with Crippen LogP contribution in [0, 0.1) is 0 Å². The molecule has 0 bridgehead atoms. The third-order valence-electron chi connectivity index (χ3n) is 5.55. The number of carbonyl (C=O) groups is 1. The van der Waals surface area contributed by atoms with Crippen molar-refractivity contribution in [3.63, 3.8) is 0 Å². The number of amides is 1. The van der Waals surface area contributed by atoms with E-state index in [0.717, 1.165) is 30.4 Å². The first kappa shape index (κ1) is 18.4. The van der Waals surface area contributed by atoms with Crippen LogP contribution < -0.4 is 0 Å². The highest BCUT2D eigenvalue weighted by atomic mass is 16.3. The van der Waals surface area contributed by atoms with Gasteiger partial charge in [-0.15, -0.1) is 0 Å². The molecular weight excluding hydrogens is 350 g/mol. The summed E-state index contributed by atoms with van der Waals surface area (Å²) in [7, 11) is 1.90. The van der Waals surface area contributed by atoms with Crippen molar-refractivity contribution in [3.8, 4) is 11.1 Å². The monoisotopic (exact) mass is 375 g/mol. The van der Waals surface area contributed by atoms with Crippen molar-refractivity contribution in [1.82, 2.24) is 14.7 Å². The van der Waals surface area contributed by atoms with Crippen LogP contribution in [0.3, 0.4) is 0 Å². The van der Waals surface area contributed by atoms with E-state index in [2.05, 4.69) is 29.4 Å². The van der Waals surface area contributed by atoms with Gasteiger partial charge in [0.05, 0.1) is 25.4 Å². The van der Waals surface area contributed by atoms with E-state index in [0.29, 0.717) is 12.1 Å². The lowest BCUT2D eigenvalue weighted by Crippen LogP contribution is -2.33. The fourth-order valence-electron chi connectivity index (χ4n) is 4.02. The molecule has 0 aliphatic heterocycles. The topological polar surface area (TPSA) is 58.4 Å². The molecule has 0 saturated heterocycles. The molecule has 3 aromatic rings. The summed E-state index contributed by atoms with van der Waals surface area (Å²) in [6.07, 6.45) is 6.88. The lowest BCUT2D eigenvalue weighted by Gasteiger charge is -2.33. The maximum Gasteiger partial charge on any atom is 0.254 e. The molecule has 0 saturated carbocycles. The summed E-state index contributed by atoms with van der Waals surface area (Å²) in [4.78, 5) is 15.0. The van der Waals surface area contributed by atoms with Gasteiger partial charge in [-0.3, -0.25) is 9.48 Å². The second-order valence-corrected chi connectivity index (χ2v) is 7.32. The molecule has 0 fully saturated rings. The van der Waals surface area contributed by atoms with Gasteiger partial charge in [0.15, 0.2) is 0 Å². The molecule has 144 valence electrons. The van der Waals surface area contributed by atoms with E-state index in [4.69, 9.17) is 5.11 Å². The molecule has 2 aromatic carbocycles. The van der Waals surface area contributed by atoms with E-state index < -0.39 is 0 Å². The summed E-state index contributed by atoms with van der Waals surface area (Å²) < 4.78 is 1.71. The van der Waals surface area contributed by atoms with Crippen molar-refractivity contribution < 1.29 is 9.90 Å². The fraction of sp³-hybridized carbons (Fsp3) is 0.304. The Balaban J connectivity index is 1.52. The molecular formula is C23H25N3O2. The highest BCUT2D eigenvalue weighted by Gasteiger charge is 2.27. The van der Waals surface area contributed by atoms with Gasteiger partial charge in [-0.25, -0.2) is 0 Å². The normalized spacial score (nSPS) is 15.9. The summed E-state index contributed by atoms with van der Waals surface area (Å²) in [5.41, 5.74) is 5.30. The molecule has 28 heavy (non-hydrogen) atoms. The van der Waals surface area contributed by atoms with E-state index in [1.165, 1.54) is 11.1 Å². The van der Waals surface area contributed by atoms with Crippen LogP contribution >= 0.6 is 0 Å². The average molecular weight is 375 g/mol. The van der Waals surface area contributed by atoms with Crippen LogP contribution in [-0.2, 0) is 13.0 Å². The first-order chi connectivity index (χ1) is 13.7. The molecule has 5 heteroatoms. The van der Waals surface area contributed by atoms with Crippen molar-refractivity contribution in [2.45, 2.75) is 31.8 Å². The number of aliphatic hydroxyl groups excluding tert-OH is 1. The second-order valence-electron chi connectivity index (χ2n) is 7.32. The molecule has 5 nitrogen and oxygen atoms in total. The highest BCUT2D eigenvalue weighted by molar-refractivity contribution is 5.94. The minimum Gasteiger partial charge on any atom is -0.394 e. The number of carbonyl (C=O) groups excluding carboxylic acids is 1. The third kappa shape index (κ3) is 3.58. The zero-order chi connectivity index (χ0) is 19.5. The number of aliphatic hydroxyl groups is 1. The van der Waals surface area contributed by atoms with Gasteiger partial charge < -0.3 is 10.0 Å². The number of nitrogens with zero attached hydrogens (tertiary/aromatic N) is 3. The van der Waals surface area contributed by atoms with Gasteiger partial charge in [0, 0.05) is 24.4 Å². The van der Waals surface area contributed by atoms with Gasteiger partial charge in [0.1, 0.15) is 0 Å². The van der Waals surface area contributed by atoms with E-state index in [9.17, 15) is 4.79 Å². The number of aromatic nitrogens is 2. The summed E-state index contributed by atoms with van der Waals surface area (Å²) in [5, 5.41) is 13.2. The number of fused-ring (bicyclic) bond motifs is 1. The van der Waals surface area contributed by atoms with Crippen molar-refractivity contribution in [2.24, 2.45) is 0 Å². The van der Waals surface area contributed by atoms with Crippen LogP contribution in [0.4, 0.5) is 0 Å². The molecule has 0 radical (unpaired) electrons. The fourth-order valence-corrected chi connectivity index (χ4v) is 4.02. The summed E-state index contributed by atoms with van der Waals surface area (Å²) in [6, 6.07) is 16.3. The van der Waals surface area contributed by atoms with Crippen LogP contribution in [0.1, 0.15) is 40.4 Å². The maximum absolute atomic E-state index is 13.1. The molecule has 1 aromatic heterocycles. The van der Waals surface area contributed by atoms with E-state index >= 15 is 0 Å². The highest BCUT2D eigenvalue weighted by Crippen LogP contribution is 2.34. The van der Waals surface area contributed by atoms with Crippen LogP contribution in [0.25, 0.3) is 11.1 Å². The Morgan fingerprint density at radius 2 is 1.96 bits per heavy atom. The standard InChI is InChI=1S/C23H25N3O2/c1-25(22-8-4-6-18-5-2-3-7-21(18)22)23(28)19-11-9-17(10-12-19)20-15-24-26(16-20)13-14-27/h2-3,5,7,9-12,15-16,22,27H,4,6,8,13-14H2,1H3/t22-/m1/s1. The number of benzene rings is 2. The molecule has 4 rings (SSSR count). The number of hydrogen-bond donors (Lipinski definition) is 1. The lowest BCUT2D eigenvalue weighted by molar-refractivity contribution is 0.0715. The van der Waals surface area contributed by atoms with Crippen LogP contribution in [-0.4, -0.2) is 39.3 Å². The van der Waals surface area contributed by atoms with Crippen molar-refractivity contribution in [3.05, 3.63) is 77.6 Å². The molecule has 1 heterocycles. The maximum atomic E-state index is 13.1. The van der Waals surface area contributed by atoms with Gasteiger partial charge >= 0.3 is 0 Å².